The molecule has 0 atom stereocenters. The highest BCUT2D eigenvalue weighted by atomic mass is 35.5. The summed E-state index contributed by atoms with van der Waals surface area (Å²) in [6, 6.07) is 4.95. The van der Waals surface area contributed by atoms with Gasteiger partial charge in [-0.25, -0.2) is 8.42 Å². The maximum absolute atomic E-state index is 12.8. The predicted molar refractivity (Wildman–Crippen MR) is 128 cm³/mol. The Labute approximate surface area is 198 Å². The molecule has 2 fully saturated rings. The van der Waals surface area contributed by atoms with Crippen LogP contribution >= 0.6 is 11.6 Å². The quantitative estimate of drug-likeness (QED) is 0.455. The first-order valence-corrected chi connectivity index (χ1v) is 13.5. The van der Waals surface area contributed by atoms with Crippen molar-refractivity contribution in [1.29, 1.82) is 0 Å². The number of sulfone groups is 1. The Balaban J connectivity index is 0.00000363. The highest BCUT2D eigenvalue weighted by molar-refractivity contribution is 7.91. The van der Waals surface area contributed by atoms with Crippen LogP contribution in [0.3, 0.4) is 0 Å². The van der Waals surface area contributed by atoms with Crippen LogP contribution in [0.2, 0.25) is 5.02 Å². The first kappa shape index (κ1) is 26.9. The average molecular weight is 486 g/mol. The molecule has 32 heavy (non-hydrogen) atoms. The molecule has 0 unspecified atom stereocenters. The molecule has 6 nitrogen and oxygen atoms in total. The van der Waals surface area contributed by atoms with Crippen molar-refractivity contribution in [3.8, 4) is 5.75 Å². The molecule has 3 rings (SSSR count). The Bertz CT molecular complexity index is 848. The van der Waals surface area contributed by atoms with Crippen molar-refractivity contribution < 1.29 is 23.1 Å². The fourth-order valence-corrected chi connectivity index (χ4v) is 6.59. The van der Waals surface area contributed by atoms with E-state index in [2.05, 4.69) is 5.32 Å². The lowest BCUT2D eigenvalue weighted by molar-refractivity contribution is 0.0681. The van der Waals surface area contributed by atoms with E-state index in [1.165, 1.54) is 44.9 Å². The van der Waals surface area contributed by atoms with E-state index in [4.69, 9.17) is 21.4 Å². The lowest BCUT2D eigenvalue weighted by Crippen LogP contribution is -2.43. The SMILES string of the molecule is O=C(NCC12CCCC(CCC1)C2)c1cc(OCCCS(=O)(=O)CCCO)ccc1Cl.[CH2]. The van der Waals surface area contributed by atoms with Crippen LogP contribution in [0.5, 0.6) is 5.75 Å². The molecule has 2 aliphatic carbocycles. The highest BCUT2D eigenvalue weighted by Crippen LogP contribution is 2.48. The van der Waals surface area contributed by atoms with Gasteiger partial charge in [-0.1, -0.05) is 44.7 Å². The molecule has 0 saturated heterocycles. The van der Waals surface area contributed by atoms with Crippen molar-refractivity contribution in [2.24, 2.45) is 11.3 Å². The Morgan fingerprint density at radius 2 is 1.88 bits per heavy atom. The van der Waals surface area contributed by atoms with Crippen molar-refractivity contribution in [2.45, 2.75) is 57.8 Å². The number of aliphatic hydroxyl groups excluding tert-OH is 1. The molecule has 0 heterocycles. The van der Waals surface area contributed by atoms with Gasteiger partial charge in [-0.05, 0) is 61.6 Å². The summed E-state index contributed by atoms with van der Waals surface area (Å²) in [7, 11) is -3.18. The summed E-state index contributed by atoms with van der Waals surface area (Å²) in [6.07, 6.45) is 9.32. The molecular weight excluding hydrogens is 450 g/mol. The standard InChI is InChI=1S/C23H34ClNO5S.CH2/c24-21-8-7-19(30-12-4-14-31(28,29)13-3-11-26)15-20(21)22(27)25-17-23-9-1-5-18(16-23)6-2-10-23;/h7-8,15,18,26H,1-6,9-14,16-17H2,(H,25,27);1H2. The number of hydrogen-bond acceptors (Lipinski definition) is 5. The molecule has 2 bridgehead atoms. The number of amides is 1. The molecule has 1 aromatic carbocycles. The van der Waals surface area contributed by atoms with Gasteiger partial charge < -0.3 is 15.2 Å². The Morgan fingerprint density at radius 3 is 2.56 bits per heavy atom. The highest BCUT2D eigenvalue weighted by Gasteiger charge is 2.39. The number of ether oxygens (including phenoxy) is 1. The number of carbonyl (C=O) groups excluding carboxylic acids is 1. The number of fused-ring (bicyclic) bond motifs is 2. The van der Waals surface area contributed by atoms with E-state index >= 15 is 0 Å². The largest absolute Gasteiger partial charge is 0.494 e. The molecule has 1 amide bonds. The Kier molecular flexibility index (Phi) is 10.3. The molecule has 180 valence electrons. The number of aliphatic hydroxyl groups is 1. The zero-order valence-corrected chi connectivity index (χ0v) is 20.4. The van der Waals surface area contributed by atoms with Crippen LogP contribution in [0.1, 0.15) is 68.1 Å². The van der Waals surface area contributed by atoms with Crippen molar-refractivity contribution in [1.82, 2.24) is 5.32 Å². The van der Waals surface area contributed by atoms with Crippen LogP contribution in [0.25, 0.3) is 0 Å². The molecule has 2 radical (unpaired) electrons. The summed E-state index contributed by atoms with van der Waals surface area (Å²) in [4.78, 5) is 12.8. The van der Waals surface area contributed by atoms with Crippen molar-refractivity contribution in [2.75, 3.05) is 31.3 Å². The Hall–Kier alpha value is -1.31. The number of rotatable bonds is 11. The van der Waals surface area contributed by atoms with E-state index in [1.54, 1.807) is 18.2 Å². The molecule has 0 spiro atoms. The van der Waals surface area contributed by atoms with Crippen LogP contribution < -0.4 is 10.1 Å². The average Bonchev–Trinajstić information content (AvgIpc) is 2.75. The minimum atomic E-state index is -3.18. The van der Waals surface area contributed by atoms with Crippen molar-refractivity contribution in [3.63, 3.8) is 0 Å². The lowest BCUT2D eigenvalue weighted by Gasteiger charge is -2.45. The zero-order chi connectivity index (χ0) is 22.3. The van der Waals surface area contributed by atoms with E-state index in [0.717, 1.165) is 5.92 Å². The number of halogens is 1. The molecule has 8 heteroatoms. The first-order chi connectivity index (χ1) is 14.8. The van der Waals surface area contributed by atoms with Crippen LogP contribution in [0.4, 0.5) is 0 Å². The number of benzene rings is 1. The van der Waals surface area contributed by atoms with E-state index in [9.17, 15) is 13.2 Å². The van der Waals surface area contributed by atoms with Gasteiger partial charge in [0.15, 0.2) is 9.84 Å². The Morgan fingerprint density at radius 1 is 1.19 bits per heavy atom. The van der Waals surface area contributed by atoms with E-state index in [0.29, 0.717) is 29.3 Å². The lowest BCUT2D eigenvalue weighted by atomic mass is 9.62. The topological polar surface area (TPSA) is 92.7 Å². The van der Waals surface area contributed by atoms with Gasteiger partial charge in [-0.15, -0.1) is 0 Å². The van der Waals surface area contributed by atoms with Gasteiger partial charge in [-0.2, -0.15) is 0 Å². The van der Waals surface area contributed by atoms with Gasteiger partial charge in [0.05, 0.1) is 28.7 Å². The molecular formula is C24H36ClNO5S. The second kappa shape index (κ2) is 12.2. The smallest absolute Gasteiger partial charge is 0.252 e. The minimum absolute atomic E-state index is 0. The summed E-state index contributed by atoms with van der Waals surface area (Å²) in [5, 5.41) is 12.3. The molecule has 0 aliphatic heterocycles. The summed E-state index contributed by atoms with van der Waals surface area (Å²) < 4.78 is 29.3. The maximum Gasteiger partial charge on any atom is 0.252 e. The summed E-state index contributed by atoms with van der Waals surface area (Å²) >= 11 is 6.27. The van der Waals surface area contributed by atoms with E-state index < -0.39 is 9.84 Å². The second-order valence-corrected chi connectivity index (χ2v) is 11.8. The molecule has 2 N–H and O–H groups in total. The van der Waals surface area contributed by atoms with Crippen molar-refractivity contribution >= 4 is 27.3 Å². The molecule has 0 aromatic heterocycles. The van der Waals surface area contributed by atoms with Crippen LogP contribution in [0, 0.1) is 18.8 Å². The van der Waals surface area contributed by atoms with Crippen LogP contribution in [0.15, 0.2) is 18.2 Å². The van der Waals surface area contributed by atoms with Gasteiger partial charge in [0.2, 0.25) is 0 Å². The fraction of sp³-hybridized carbons (Fsp3) is 0.667. The minimum Gasteiger partial charge on any atom is -0.494 e. The fourth-order valence-electron chi connectivity index (χ4n) is 5.06. The molecule has 2 aliphatic rings. The van der Waals surface area contributed by atoms with E-state index in [-0.39, 0.29) is 49.9 Å². The van der Waals surface area contributed by atoms with Crippen LogP contribution in [-0.2, 0) is 9.84 Å². The number of nitrogens with one attached hydrogen (secondary N) is 1. The van der Waals surface area contributed by atoms with Gasteiger partial charge >= 0.3 is 0 Å². The van der Waals surface area contributed by atoms with Gasteiger partial charge in [0, 0.05) is 13.2 Å². The maximum atomic E-state index is 12.8. The first-order valence-electron chi connectivity index (χ1n) is 11.3. The van der Waals surface area contributed by atoms with Gasteiger partial charge in [-0.3, -0.25) is 4.79 Å². The van der Waals surface area contributed by atoms with E-state index in [1.807, 2.05) is 0 Å². The number of hydrogen-bond donors (Lipinski definition) is 2. The monoisotopic (exact) mass is 485 g/mol. The van der Waals surface area contributed by atoms with Crippen molar-refractivity contribution in [3.05, 3.63) is 36.2 Å². The molecule has 1 aromatic rings. The van der Waals surface area contributed by atoms with Gasteiger partial charge in [0.25, 0.3) is 5.91 Å². The normalized spacial score (nSPS) is 22.6. The third-order valence-electron chi connectivity index (χ3n) is 6.65. The zero-order valence-electron chi connectivity index (χ0n) is 18.8. The summed E-state index contributed by atoms with van der Waals surface area (Å²) in [5.74, 6) is 1.11. The molecule has 2 saturated carbocycles. The third kappa shape index (κ3) is 7.63. The van der Waals surface area contributed by atoms with Gasteiger partial charge in [0.1, 0.15) is 5.75 Å². The summed E-state index contributed by atoms with van der Waals surface area (Å²) in [5.41, 5.74) is 0.619. The van der Waals surface area contributed by atoms with Crippen LogP contribution in [-0.4, -0.2) is 50.7 Å². The second-order valence-electron chi connectivity index (χ2n) is 9.11. The third-order valence-corrected chi connectivity index (χ3v) is 8.80. The summed E-state index contributed by atoms with van der Waals surface area (Å²) in [6.45, 7) is 0.786. The number of carbonyl (C=O) groups is 1. The predicted octanol–water partition coefficient (Wildman–Crippen LogP) is 4.32.